The highest BCUT2D eigenvalue weighted by Crippen LogP contribution is 2.30. The summed E-state index contributed by atoms with van der Waals surface area (Å²) in [6.45, 7) is 1.86. The van der Waals surface area contributed by atoms with Crippen LogP contribution in [-0.2, 0) is 14.8 Å². The van der Waals surface area contributed by atoms with Gasteiger partial charge in [-0.1, -0.05) is 13.0 Å². The van der Waals surface area contributed by atoms with E-state index in [1.165, 1.54) is 10.4 Å². The summed E-state index contributed by atoms with van der Waals surface area (Å²) in [6.07, 6.45) is 0. The molecule has 0 spiro atoms. The number of aliphatic carboxylic acids is 1. The molecule has 2 heterocycles. The van der Waals surface area contributed by atoms with Crippen molar-refractivity contribution in [2.24, 2.45) is 11.8 Å². The topological polar surface area (TPSA) is 114 Å². The van der Waals surface area contributed by atoms with Crippen LogP contribution in [0.2, 0.25) is 0 Å². The molecule has 1 fully saturated rings. The largest absolute Gasteiger partial charge is 0.481 e. The molecule has 112 valence electrons. The molecule has 0 bridgehead atoms. The molecule has 1 aliphatic rings. The summed E-state index contributed by atoms with van der Waals surface area (Å²) in [7, 11) is -3.83. The van der Waals surface area contributed by atoms with Gasteiger partial charge >= 0.3 is 5.97 Å². The molecule has 1 saturated heterocycles. The molecular formula is C12H13N3O5S. The Bertz CT molecular complexity index is 800. The lowest BCUT2D eigenvalue weighted by Crippen LogP contribution is -2.30. The number of sulfonamides is 1. The fourth-order valence-corrected chi connectivity index (χ4v) is 4.27. The minimum Gasteiger partial charge on any atom is -0.481 e. The van der Waals surface area contributed by atoms with Crippen molar-refractivity contribution < 1.29 is 22.9 Å². The van der Waals surface area contributed by atoms with E-state index in [2.05, 4.69) is 14.9 Å². The quantitative estimate of drug-likeness (QED) is 0.881. The zero-order valence-corrected chi connectivity index (χ0v) is 11.9. The van der Waals surface area contributed by atoms with Gasteiger partial charge in [0.15, 0.2) is 5.52 Å². The summed E-state index contributed by atoms with van der Waals surface area (Å²) in [5.41, 5.74) is 0.502. The fourth-order valence-electron chi connectivity index (χ4n) is 2.57. The maximum absolute atomic E-state index is 12.7. The molecular weight excluding hydrogens is 298 g/mol. The zero-order chi connectivity index (χ0) is 15.2. The molecule has 3 rings (SSSR count). The maximum atomic E-state index is 12.7. The van der Waals surface area contributed by atoms with Gasteiger partial charge in [0.2, 0.25) is 10.0 Å². The lowest BCUT2D eigenvalue weighted by Gasteiger charge is -2.15. The molecule has 0 aliphatic carbocycles. The third kappa shape index (κ3) is 2.18. The molecule has 8 nitrogen and oxygen atoms in total. The first-order valence-corrected chi connectivity index (χ1v) is 7.79. The molecule has 1 aromatic heterocycles. The number of carbonyl (C=O) groups is 1. The minimum atomic E-state index is -3.83. The number of fused-ring (bicyclic) bond motifs is 1. The van der Waals surface area contributed by atoms with E-state index in [1.54, 1.807) is 19.1 Å². The standard InChI is InChI=1S/C12H13N3O5S/c1-7-5-15(6-8(7)12(16)17)21(18,19)10-4-2-3-9-11(10)14-20-13-9/h2-4,7-8H,5-6H2,1H3,(H,16,17)/t7-,8-/m1/s1. The molecule has 21 heavy (non-hydrogen) atoms. The second kappa shape index (κ2) is 4.78. The lowest BCUT2D eigenvalue weighted by atomic mass is 9.99. The fraction of sp³-hybridized carbons (Fsp3) is 0.417. The van der Waals surface area contributed by atoms with E-state index < -0.39 is 21.9 Å². The van der Waals surface area contributed by atoms with Gasteiger partial charge in [-0.05, 0) is 28.4 Å². The molecule has 2 aromatic rings. The van der Waals surface area contributed by atoms with Crippen molar-refractivity contribution in [1.82, 2.24) is 14.6 Å². The van der Waals surface area contributed by atoms with Crippen LogP contribution < -0.4 is 0 Å². The van der Waals surface area contributed by atoms with Crippen molar-refractivity contribution in [2.45, 2.75) is 11.8 Å². The zero-order valence-electron chi connectivity index (χ0n) is 11.1. The van der Waals surface area contributed by atoms with Crippen molar-refractivity contribution in [2.75, 3.05) is 13.1 Å². The van der Waals surface area contributed by atoms with E-state index in [0.717, 1.165) is 0 Å². The number of carboxylic acid groups (broad SMARTS) is 1. The summed E-state index contributed by atoms with van der Waals surface area (Å²) < 4.78 is 31.1. The van der Waals surface area contributed by atoms with Crippen LogP contribution in [-0.4, -0.2) is 47.2 Å². The van der Waals surface area contributed by atoms with Crippen molar-refractivity contribution in [3.05, 3.63) is 18.2 Å². The third-order valence-electron chi connectivity index (χ3n) is 3.76. The van der Waals surface area contributed by atoms with Crippen LogP contribution in [0.3, 0.4) is 0 Å². The first kappa shape index (κ1) is 14.0. The van der Waals surface area contributed by atoms with E-state index >= 15 is 0 Å². The molecule has 1 aromatic carbocycles. The van der Waals surface area contributed by atoms with Crippen LogP contribution in [0.5, 0.6) is 0 Å². The Morgan fingerprint density at radius 2 is 2.14 bits per heavy atom. The normalized spacial score (nSPS) is 23.7. The van der Waals surface area contributed by atoms with Crippen LogP contribution in [0, 0.1) is 11.8 Å². The lowest BCUT2D eigenvalue weighted by molar-refractivity contribution is -0.142. The molecule has 1 aliphatic heterocycles. The van der Waals surface area contributed by atoms with E-state index in [0.29, 0.717) is 5.52 Å². The molecule has 0 saturated carbocycles. The molecule has 2 atom stereocenters. The van der Waals surface area contributed by atoms with Crippen molar-refractivity contribution >= 4 is 27.0 Å². The Hall–Kier alpha value is -2.00. The van der Waals surface area contributed by atoms with Crippen LogP contribution >= 0.6 is 0 Å². The summed E-state index contributed by atoms with van der Waals surface area (Å²) in [5, 5.41) is 16.4. The minimum absolute atomic E-state index is 0.0144. The Morgan fingerprint density at radius 3 is 2.81 bits per heavy atom. The van der Waals surface area contributed by atoms with Gasteiger partial charge in [0, 0.05) is 13.1 Å². The van der Waals surface area contributed by atoms with Gasteiger partial charge < -0.3 is 5.11 Å². The van der Waals surface area contributed by atoms with Crippen molar-refractivity contribution in [3.63, 3.8) is 0 Å². The SMILES string of the molecule is C[C@@H]1CN(S(=O)(=O)c2cccc3nonc23)C[C@H]1C(=O)O. The number of rotatable bonds is 3. The van der Waals surface area contributed by atoms with Gasteiger partial charge in [-0.2, -0.15) is 4.31 Å². The number of aromatic nitrogens is 2. The van der Waals surface area contributed by atoms with Crippen LogP contribution in [0.15, 0.2) is 27.7 Å². The molecule has 9 heteroatoms. The number of benzene rings is 1. The Morgan fingerprint density at radius 1 is 1.38 bits per heavy atom. The summed E-state index contributed by atoms with van der Waals surface area (Å²) in [6, 6.07) is 4.56. The van der Waals surface area contributed by atoms with Crippen LogP contribution in [0.1, 0.15) is 6.92 Å². The molecule has 0 radical (unpaired) electrons. The van der Waals surface area contributed by atoms with E-state index in [-0.39, 0.29) is 29.4 Å². The Labute approximate surface area is 120 Å². The van der Waals surface area contributed by atoms with Gasteiger partial charge in [-0.3, -0.25) is 4.79 Å². The maximum Gasteiger partial charge on any atom is 0.308 e. The average molecular weight is 311 g/mol. The van der Waals surface area contributed by atoms with Gasteiger partial charge in [0.25, 0.3) is 0 Å². The van der Waals surface area contributed by atoms with Crippen molar-refractivity contribution in [1.29, 1.82) is 0 Å². The van der Waals surface area contributed by atoms with Gasteiger partial charge in [-0.15, -0.1) is 0 Å². The highest BCUT2D eigenvalue weighted by molar-refractivity contribution is 7.89. The van der Waals surface area contributed by atoms with Gasteiger partial charge in [0.05, 0.1) is 5.92 Å². The number of hydrogen-bond acceptors (Lipinski definition) is 6. The smallest absolute Gasteiger partial charge is 0.308 e. The molecule has 1 N–H and O–H groups in total. The number of carboxylic acids is 1. The first-order chi connectivity index (χ1) is 9.91. The third-order valence-corrected chi connectivity index (χ3v) is 5.63. The molecule has 0 unspecified atom stereocenters. The van der Waals surface area contributed by atoms with E-state index in [9.17, 15) is 13.2 Å². The number of nitrogens with zero attached hydrogens (tertiary/aromatic N) is 3. The first-order valence-electron chi connectivity index (χ1n) is 6.35. The highest BCUT2D eigenvalue weighted by atomic mass is 32.2. The summed E-state index contributed by atoms with van der Waals surface area (Å²) in [4.78, 5) is 11.1. The number of hydrogen-bond donors (Lipinski definition) is 1. The average Bonchev–Trinajstić information content (AvgIpc) is 3.03. The monoisotopic (exact) mass is 311 g/mol. The van der Waals surface area contributed by atoms with Crippen molar-refractivity contribution in [3.8, 4) is 0 Å². The highest BCUT2D eigenvalue weighted by Gasteiger charge is 2.41. The van der Waals surface area contributed by atoms with Gasteiger partial charge in [0.1, 0.15) is 10.4 Å². The van der Waals surface area contributed by atoms with E-state index in [4.69, 9.17) is 5.11 Å². The second-order valence-electron chi connectivity index (χ2n) is 5.13. The Kier molecular flexibility index (Phi) is 3.18. The second-order valence-corrected chi connectivity index (χ2v) is 7.04. The predicted molar refractivity (Wildman–Crippen MR) is 70.9 cm³/mol. The molecule has 0 amide bonds. The van der Waals surface area contributed by atoms with E-state index in [1.807, 2.05) is 0 Å². The Balaban J connectivity index is 2.02. The van der Waals surface area contributed by atoms with Crippen LogP contribution in [0.4, 0.5) is 0 Å². The summed E-state index contributed by atoms with van der Waals surface area (Å²) in [5.74, 6) is -1.93. The summed E-state index contributed by atoms with van der Waals surface area (Å²) >= 11 is 0. The predicted octanol–water partition coefficient (Wildman–Crippen LogP) is 0.564. The van der Waals surface area contributed by atoms with Crippen LogP contribution in [0.25, 0.3) is 11.0 Å². The van der Waals surface area contributed by atoms with Gasteiger partial charge in [-0.25, -0.2) is 13.0 Å².